The van der Waals surface area contributed by atoms with Crippen molar-refractivity contribution in [2.75, 3.05) is 0 Å². The number of nitroso groups, excluding NO2 is 1. The summed E-state index contributed by atoms with van der Waals surface area (Å²) >= 11 is 0. The summed E-state index contributed by atoms with van der Waals surface area (Å²) in [7, 11) is 0. The fourth-order valence-electron chi connectivity index (χ4n) is 1.84. The van der Waals surface area contributed by atoms with Gasteiger partial charge in [0.15, 0.2) is 37.9 Å². The lowest BCUT2D eigenvalue weighted by Gasteiger charge is -1.97. The van der Waals surface area contributed by atoms with E-state index in [0.717, 1.165) is 25.1 Å². The second kappa shape index (κ2) is 6.59. The highest BCUT2D eigenvalue weighted by molar-refractivity contribution is 5.06. The first kappa shape index (κ1) is 12.4. The van der Waals surface area contributed by atoms with Gasteiger partial charge in [0, 0.05) is 24.3 Å². The van der Waals surface area contributed by atoms with E-state index in [4.69, 9.17) is 0 Å². The summed E-state index contributed by atoms with van der Waals surface area (Å²) in [6, 6.07) is 9.97. The van der Waals surface area contributed by atoms with E-state index >= 15 is 0 Å². The number of aromatic nitrogens is 2. The maximum atomic E-state index is 10.1. The zero-order chi connectivity index (χ0) is 12.6. The van der Waals surface area contributed by atoms with Gasteiger partial charge in [0.05, 0.1) is 6.42 Å². The molecular weight excluding hydrogens is 226 g/mol. The summed E-state index contributed by atoms with van der Waals surface area (Å²) < 4.78 is 4.29. The van der Waals surface area contributed by atoms with E-state index in [-0.39, 0.29) is 6.54 Å². The van der Waals surface area contributed by atoms with Gasteiger partial charge in [-0.2, -0.15) is 4.91 Å². The molecule has 0 atom stereocenters. The SMILES string of the molecule is O=NCc1cc[n+](CCC[n+]2ccccc2)cc1. The van der Waals surface area contributed by atoms with E-state index in [9.17, 15) is 4.91 Å². The van der Waals surface area contributed by atoms with Crippen LogP contribution in [-0.4, -0.2) is 0 Å². The molecule has 18 heavy (non-hydrogen) atoms. The first-order valence-corrected chi connectivity index (χ1v) is 6.09. The highest BCUT2D eigenvalue weighted by Gasteiger charge is 2.04. The van der Waals surface area contributed by atoms with Crippen LogP contribution in [0.2, 0.25) is 0 Å². The fraction of sp³-hybridized carbons (Fsp3) is 0.286. The van der Waals surface area contributed by atoms with E-state index in [1.54, 1.807) is 0 Å². The molecule has 2 aromatic heterocycles. The Morgan fingerprint density at radius 2 is 1.50 bits per heavy atom. The van der Waals surface area contributed by atoms with Crippen molar-refractivity contribution in [2.24, 2.45) is 5.18 Å². The van der Waals surface area contributed by atoms with Gasteiger partial charge in [-0.05, 0) is 5.56 Å². The Bertz CT molecular complexity index is 482. The summed E-state index contributed by atoms with van der Waals surface area (Å²) in [5, 5.41) is 2.87. The van der Waals surface area contributed by atoms with E-state index < -0.39 is 0 Å². The molecule has 0 saturated heterocycles. The van der Waals surface area contributed by atoms with Gasteiger partial charge in [-0.15, -0.1) is 0 Å². The zero-order valence-corrected chi connectivity index (χ0v) is 10.3. The summed E-state index contributed by atoms with van der Waals surface area (Å²) in [6.07, 6.45) is 9.21. The van der Waals surface area contributed by atoms with Gasteiger partial charge >= 0.3 is 0 Å². The monoisotopic (exact) mass is 243 g/mol. The zero-order valence-electron chi connectivity index (χ0n) is 10.3. The molecule has 0 aliphatic carbocycles. The largest absolute Gasteiger partial charge is 0.205 e. The third-order valence-electron chi connectivity index (χ3n) is 2.82. The Morgan fingerprint density at radius 3 is 2.11 bits per heavy atom. The van der Waals surface area contributed by atoms with Gasteiger partial charge in [-0.25, -0.2) is 9.13 Å². The van der Waals surface area contributed by atoms with Crippen LogP contribution >= 0.6 is 0 Å². The van der Waals surface area contributed by atoms with Gasteiger partial charge < -0.3 is 0 Å². The molecule has 2 aromatic rings. The predicted octanol–water partition coefficient (Wildman–Crippen LogP) is 1.62. The molecular formula is C14H17N3O+2. The molecule has 4 nitrogen and oxygen atoms in total. The van der Waals surface area contributed by atoms with Crippen LogP contribution in [0.5, 0.6) is 0 Å². The molecule has 2 heterocycles. The molecule has 0 spiro atoms. The van der Waals surface area contributed by atoms with Gasteiger partial charge in [0.1, 0.15) is 6.54 Å². The van der Waals surface area contributed by atoms with E-state index in [2.05, 4.69) is 26.7 Å². The minimum Gasteiger partial charge on any atom is -0.205 e. The summed E-state index contributed by atoms with van der Waals surface area (Å²) in [5.74, 6) is 0. The molecule has 0 saturated carbocycles. The Balaban J connectivity index is 1.81. The maximum Gasteiger partial charge on any atom is 0.169 e. The summed E-state index contributed by atoms with van der Waals surface area (Å²) in [5.41, 5.74) is 0.957. The summed E-state index contributed by atoms with van der Waals surface area (Å²) in [6.45, 7) is 2.23. The van der Waals surface area contributed by atoms with Crippen LogP contribution < -0.4 is 9.13 Å². The van der Waals surface area contributed by atoms with Gasteiger partial charge in [0.25, 0.3) is 0 Å². The standard InChI is InChI=1S/C14H17N3O/c18-15-13-14-5-11-17(12-6-14)10-4-9-16-7-2-1-3-8-16/h1-3,5-8,11-12H,4,9-10,13H2/q+2. The average Bonchev–Trinajstić information content (AvgIpc) is 2.42. The van der Waals surface area contributed by atoms with Crippen LogP contribution in [0.15, 0.2) is 60.3 Å². The lowest BCUT2D eigenvalue weighted by Crippen LogP contribution is -2.38. The third kappa shape index (κ3) is 3.73. The average molecular weight is 243 g/mol. The molecule has 0 aromatic carbocycles. The summed E-state index contributed by atoms with van der Waals surface area (Å²) in [4.78, 5) is 10.1. The minimum atomic E-state index is 0.251. The molecule has 0 fully saturated rings. The normalized spacial score (nSPS) is 10.2. The molecule has 0 aliphatic rings. The van der Waals surface area contributed by atoms with Crippen molar-refractivity contribution in [1.29, 1.82) is 0 Å². The Morgan fingerprint density at radius 1 is 0.889 bits per heavy atom. The first-order chi connectivity index (χ1) is 8.88. The van der Waals surface area contributed by atoms with Gasteiger partial charge in [-0.3, -0.25) is 0 Å². The molecule has 0 bridgehead atoms. The van der Waals surface area contributed by atoms with E-state index in [1.165, 1.54) is 0 Å². The molecule has 0 unspecified atom stereocenters. The molecule has 2 rings (SSSR count). The second-order valence-corrected chi connectivity index (χ2v) is 4.20. The number of pyridine rings is 2. The van der Waals surface area contributed by atoms with Crippen LogP contribution in [-0.2, 0) is 19.6 Å². The van der Waals surface area contributed by atoms with Crippen molar-refractivity contribution in [2.45, 2.75) is 26.1 Å². The quantitative estimate of drug-likeness (QED) is 0.561. The number of hydrogen-bond acceptors (Lipinski definition) is 2. The number of aryl methyl sites for hydroxylation is 2. The third-order valence-corrected chi connectivity index (χ3v) is 2.82. The van der Waals surface area contributed by atoms with Crippen molar-refractivity contribution in [3.63, 3.8) is 0 Å². The lowest BCUT2D eigenvalue weighted by atomic mass is 10.2. The van der Waals surface area contributed by atoms with Crippen molar-refractivity contribution in [3.8, 4) is 0 Å². The van der Waals surface area contributed by atoms with Crippen molar-refractivity contribution >= 4 is 0 Å². The Hall–Kier alpha value is -2.10. The number of nitrogens with zero attached hydrogens (tertiary/aromatic N) is 3. The van der Waals surface area contributed by atoms with Crippen molar-refractivity contribution in [1.82, 2.24) is 0 Å². The van der Waals surface area contributed by atoms with Crippen molar-refractivity contribution < 1.29 is 9.13 Å². The van der Waals surface area contributed by atoms with Crippen LogP contribution in [0.1, 0.15) is 12.0 Å². The smallest absolute Gasteiger partial charge is 0.169 e. The Kier molecular flexibility index (Phi) is 4.53. The fourth-order valence-corrected chi connectivity index (χ4v) is 1.84. The first-order valence-electron chi connectivity index (χ1n) is 6.09. The molecule has 4 heteroatoms. The predicted molar refractivity (Wildman–Crippen MR) is 67.4 cm³/mol. The molecule has 0 radical (unpaired) electrons. The second-order valence-electron chi connectivity index (χ2n) is 4.20. The van der Waals surface area contributed by atoms with Crippen LogP contribution in [0.3, 0.4) is 0 Å². The van der Waals surface area contributed by atoms with Crippen LogP contribution in [0.4, 0.5) is 0 Å². The molecule has 0 amide bonds. The highest BCUT2D eigenvalue weighted by Crippen LogP contribution is 1.96. The highest BCUT2D eigenvalue weighted by atomic mass is 16.3. The number of hydrogen-bond donors (Lipinski definition) is 0. The molecule has 92 valence electrons. The van der Waals surface area contributed by atoms with E-state index in [1.807, 2.05) is 42.7 Å². The minimum absolute atomic E-state index is 0.251. The Labute approximate surface area is 107 Å². The van der Waals surface area contributed by atoms with Crippen LogP contribution in [0, 0.1) is 4.91 Å². The van der Waals surface area contributed by atoms with Crippen LogP contribution in [0.25, 0.3) is 0 Å². The number of rotatable bonds is 6. The molecule has 0 aliphatic heterocycles. The maximum absolute atomic E-state index is 10.1. The van der Waals surface area contributed by atoms with Gasteiger partial charge in [0.2, 0.25) is 0 Å². The van der Waals surface area contributed by atoms with Gasteiger partial charge in [-0.1, -0.05) is 11.2 Å². The molecule has 0 N–H and O–H groups in total. The van der Waals surface area contributed by atoms with Crippen molar-refractivity contribution in [3.05, 3.63) is 65.6 Å². The lowest BCUT2D eigenvalue weighted by molar-refractivity contribution is -0.726. The van der Waals surface area contributed by atoms with E-state index in [0.29, 0.717) is 0 Å². The topological polar surface area (TPSA) is 37.2 Å².